The molecule has 128 valence electrons. The molecule has 0 unspecified atom stereocenters. The Balaban J connectivity index is 1.78. The van der Waals surface area contributed by atoms with Gasteiger partial charge in [0.1, 0.15) is 11.5 Å². The normalized spacial score (nSPS) is 11.1. The van der Waals surface area contributed by atoms with Crippen molar-refractivity contribution in [3.8, 4) is 11.5 Å². The minimum atomic E-state index is -3.66. The molecule has 3 aromatic carbocycles. The Labute approximate surface area is 155 Å². The molecule has 0 aliphatic rings. The molecule has 0 amide bonds. The van der Waals surface area contributed by atoms with Crippen LogP contribution in [-0.4, -0.2) is 8.42 Å². The third-order valence-electron chi connectivity index (χ3n) is 3.53. The second-order valence-corrected chi connectivity index (χ2v) is 8.02. The first-order valence-corrected chi connectivity index (χ1v) is 9.84. The number of para-hydroxylation sites is 1. The third kappa shape index (κ3) is 4.41. The fourth-order valence-electron chi connectivity index (χ4n) is 2.29. The van der Waals surface area contributed by atoms with Gasteiger partial charge in [-0.25, -0.2) is 8.42 Å². The number of halogens is 1. The van der Waals surface area contributed by atoms with Crippen molar-refractivity contribution < 1.29 is 13.2 Å². The Morgan fingerprint density at radius 2 is 1.52 bits per heavy atom. The predicted octanol–water partition coefficient (Wildman–Crippen LogP) is 5.35. The van der Waals surface area contributed by atoms with Crippen LogP contribution in [0.2, 0.25) is 0 Å². The first kappa shape index (κ1) is 17.5. The monoisotopic (exact) mass is 417 g/mol. The number of hydrogen-bond acceptors (Lipinski definition) is 3. The van der Waals surface area contributed by atoms with Gasteiger partial charge in [-0.3, -0.25) is 4.72 Å². The van der Waals surface area contributed by atoms with Crippen molar-refractivity contribution in [1.29, 1.82) is 0 Å². The van der Waals surface area contributed by atoms with E-state index in [2.05, 4.69) is 20.7 Å². The summed E-state index contributed by atoms with van der Waals surface area (Å²) in [5.41, 5.74) is 1.15. The van der Waals surface area contributed by atoms with E-state index < -0.39 is 10.0 Å². The van der Waals surface area contributed by atoms with Crippen LogP contribution in [0.3, 0.4) is 0 Å². The van der Waals surface area contributed by atoms with Gasteiger partial charge >= 0.3 is 0 Å². The number of sulfonamides is 1. The molecular formula is C19H16BrNO3S. The molecule has 0 saturated carbocycles. The summed E-state index contributed by atoms with van der Waals surface area (Å²) < 4.78 is 34.2. The average Bonchev–Trinajstić information content (AvgIpc) is 2.59. The number of hydrogen-bond donors (Lipinski definition) is 1. The minimum absolute atomic E-state index is 0.242. The molecule has 0 aliphatic carbocycles. The van der Waals surface area contributed by atoms with Gasteiger partial charge in [-0.1, -0.05) is 40.2 Å². The van der Waals surface area contributed by atoms with Crippen LogP contribution in [0.5, 0.6) is 11.5 Å². The van der Waals surface area contributed by atoms with E-state index in [1.165, 1.54) is 0 Å². The molecule has 0 fully saturated rings. The van der Waals surface area contributed by atoms with Gasteiger partial charge in [0.2, 0.25) is 0 Å². The van der Waals surface area contributed by atoms with Crippen LogP contribution in [0.4, 0.5) is 5.69 Å². The average molecular weight is 418 g/mol. The third-order valence-corrected chi connectivity index (χ3v) is 5.54. The van der Waals surface area contributed by atoms with Crippen molar-refractivity contribution in [2.75, 3.05) is 4.72 Å². The molecule has 0 bridgehead atoms. The molecule has 3 rings (SSSR count). The fraction of sp³-hybridized carbons (Fsp3) is 0.0526. The van der Waals surface area contributed by atoms with E-state index in [4.69, 9.17) is 4.74 Å². The number of ether oxygens (including phenoxy) is 1. The molecule has 3 aromatic rings. The van der Waals surface area contributed by atoms with Crippen molar-refractivity contribution in [3.05, 3.63) is 82.8 Å². The maximum atomic E-state index is 12.6. The topological polar surface area (TPSA) is 55.4 Å². The number of anilines is 1. The highest BCUT2D eigenvalue weighted by atomic mass is 79.9. The lowest BCUT2D eigenvalue weighted by atomic mass is 10.2. The molecule has 0 radical (unpaired) electrons. The number of rotatable bonds is 5. The van der Waals surface area contributed by atoms with Gasteiger partial charge in [-0.2, -0.15) is 0 Å². The Hall–Kier alpha value is -2.31. The summed E-state index contributed by atoms with van der Waals surface area (Å²) in [4.78, 5) is 0.242. The lowest BCUT2D eigenvalue weighted by molar-refractivity contribution is 0.483. The maximum Gasteiger partial charge on any atom is 0.262 e. The van der Waals surface area contributed by atoms with Crippen LogP contribution in [0.25, 0.3) is 0 Å². The first-order valence-electron chi connectivity index (χ1n) is 7.56. The van der Waals surface area contributed by atoms with Crippen LogP contribution in [0.15, 0.2) is 82.2 Å². The first-order chi connectivity index (χ1) is 11.9. The van der Waals surface area contributed by atoms with Crippen molar-refractivity contribution in [3.63, 3.8) is 0 Å². The predicted molar refractivity (Wildman–Crippen MR) is 103 cm³/mol. The molecular weight excluding hydrogens is 402 g/mol. The summed E-state index contributed by atoms with van der Waals surface area (Å²) in [5, 5.41) is 0. The molecule has 0 saturated heterocycles. The Kier molecular flexibility index (Phi) is 5.11. The summed E-state index contributed by atoms with van der Waals surface area (Å²) in [6, 6.07) is 21.3. The van der Waals surface area contributed by atoms with Crippen LogP contribution in [0.1, 0.15) is 5.56 Å². The fourth-order valence-corrected chi connectivity index (χ4v) is 4.13. The molecule has 0 spiro atoms. The molecule has 0 aromatic heterocycles. The zero-order valence-electron chi connectivity index (χ0n) is 13.4. The van der Waals surface area contributed by atoms with E-state index in [9.17, 15) is 8.42 Å². The molecule has 0 heterocycles. The van der Waals surface area contributed by atoms with Gasteiger partial charge in [0.25, 0.3) is 10.0 Å². The Morgan fingerprint density at radius 1 is 0.880 bits per heavy atom. The highest BCUT2D eigenvalue weighted by molar-refractivity contribution is 9.10. The van der Waals surface area contributed by atoms with Crippen LogP contribution >= 0.6 is 15.9 Å². The standard InChI is InChI=1S/C19H16BrNO3S/c1-14-7-8-15(20)13-19(14)25(22,23)21-16-9-11-18(12-10-16)24-17-5-3-2-4-6-17/h2-13,21H,1H3. The van der Waals surface area contributed by atoms with Crippen LogP contribution < -0.4 is 9.46 Å². The van der Waals surface area contributed by atoms with Crippen molar-refractivity contribution in [2.24, 2.45) is 0 Å². The van der Waals surface area contributed by atoms with Crippen molar-refractivity contribution >= 4 is 31.6 Å². The van der Waals surface area contributed by atoms with Gasteiger partial charge in [0.15, 0.2) is 0 Å². The van der Waals surface area contributed by atoms with Gasteiger partial charge in [0.05, 0.1) is 4.90 Å². The second-order valence-electron chi connectivity index (χ2n) is 5.45. The van der Waals surface area contributed by atoms with Crippen LogP contribution in [-0.2, 0) is 10.0 Å². The van der Waals surface area contributed by atoms with E-state index in [-0.39, 0.29) is 4.90 Å². The number of benzene rings is 3. The van der Waals surface area contributed by atoms with Gasteiger partial charge in [-0.05, 0) is 61.0 Å². The molecule has 0 atom stereocenters. The Morgan fingerprint density at radius 3 is 2.20 bits per heavy atom. The van der Waals surface area contributed by atoms with E-state index in [0.717, 1.165) is 5.75 Å². The van der Waals surface area contributed by atoms with Crippen molar-refractivity contribution in [1.82, 2.24) is 0 Å². The summed E-state index contributed by atoms with van der Waals surface area (Å²) in [6.45, 7) is 1.76. The molecule has 1 N–H and O–H groups in total. The number of nitrogens with one attached hydrogen (secondary N) is 1. The highest BCUT2D eigenvalue weighted by Gasteiger charge is 2.17. The number of aryl methyl sites for hydroxylation is 1. The van der Waals surface area contributed by atoms with E-state index in [1.807, 2.05) is 36.4 Å². The van der Waals surface area contributed by atoms with E-state index in [0.29, 0.717) is 21.5 Å². The highest BCUT2D eigenvalue weighted by Crippen LogP contribution is 2.26. The summed E-state index contributed by atoms with van der Waals surface area (Å²) in [6.07, 6.45) is 0. The summed E-state index contributed by atoms with van der Waals surface area (Å²) in [7, 11) is -3.66. The van der Waals surface area contributed by atoms with E-state index in [1.54, 1.807) is 43.3 Å². The lowest BCUT2D eigenvalue weighted by Crippen LogP contribution is -2.14. The molecule has 6 heteroatoms. The molecule has 4 nitrogen and oxygen atoms in total. The van der Waals surface area contributed by atoms with Gasteiger partial charge in [-0.15, -0.1) is 0 Å². The Bertz CT molecular complexity index is 971. The van der Waals surface area contributed by atoms with Gasteiger partial charge in [0, 0.05) is 10.2 Å². The van der Waals surface area contributed by atoms with E-state index >= 15 is 0 Å². The van der Waals surface area contributed by atoms with Crippen LogP contribution in [0, 0.1) is 6.92 Å². The largest absolute Gasteiger partial charge is 0.457 e. The second kappa shape index (κ2) is 7.29. The SMILES string of the molecule is Cc1ccc(Br)cc1S(=O)(=O)Nc1ccc(Oc2ccccc2)cc1. The molecule has 0 aliphatic heterocycles. The quantitative estimate of drug-likeness (QED) is 0.608. The summed E-state index contributed by atoms with van der Waals surface area (Å²) >= 11 is 3.31. The van der Waals surface area contributed by atoms with Crippen molar-refractivity contribution in [2.45, 2.75) is 11.8 Å². The minimum Gasteiger partial charge on any atom is -0.457 e. The zero-order chi connectivity index (χ0) is 17.9. The smallest absolute Gasteiger partial charge is 0.262 e. The zero-order valence-corrected chi connectivity index (χ0v) is 15.8. The maximum absolute atomic E-state index is 12.6. The lowest BCUT2D eigenvalue weighted by Gasteiger charge is -2.11. The van der Waals surface area contributed by atoms with Gasteiger partial charge < -0.3 is 4.74 Å². The molecule has 25 heavy (non-hydrogen) atoms. The summed E-state index contributed by atoms with van der Waals surface area (Å²) in [5.74, 6) is 1.35.